The molecule has 0 bridgehead atoms. The van der Waals surface area contributed by atoms with E-state index in [4.69, 9.17) is 5.41 Å². The molecule has 2 heteroatoms. The van der Waals surface area contributed by atoms with Gasteiger partial charge in [0.15, 0.2) is 0 Å². The van der Waals surface area contributed by atoms with E-state index < -0.39 is 0 Å². The lowest BCUT2D eigenvalue weighted by atomic mass is 10.0. The van der Waals surface area contributed by atoms with Crippen LogP contribution in [0.4, 0.5) is 0 Å². The summed E-state index contributed by atoms with van der Waals surface area (Å²) in [5.41, 5.74) is 0. The van der Waals surface area contributed by atoms with Crippen molar-refractivity contribution < 1.29 is 0 Å². The van der Waals surface area contributed by atoms with E-state index in [2.05, 4.69) is 25.8 Å². The van der Waals surface area contributed by atoms with Crippen molar-refractivity contribution in [1.29, 1.82) is 5.41 Å². The molecule has 0 aliphatic heterocycles. The lowest BCUT2D eigenvalue weighted by Gasteiger charge is -2.31. The van der Waals surface area contributed by atoms with Crippen LogP contribution in [0.3, 0.4) is 0 Å². The van der Waals surface area contributed by atoms with E-state index in [0.717, 1.165) is 18.7 Å². The van der Waals surface area contributed by atoms with E-state index >= 15 is 0 Å². The Morgan fingerprint density at radius 3 is 2.21 bits per heavy atom. The summed E-state index contributed by atoms with van der Waals surface area (Å²) in [5.74, 6) is 1.44. The largest absolute Gasteiger partial charge is 0.360 e. The molecule has 2 nitrogen and oxygen atoms in total. The van der Waals surface area contributed by atoms with Crippen molar-refractivity contribution in [3.05, 3.63) is 0 Å². The highest BCUT2D eigenvalue weighted by molar-refractivity contribution is 5.81. The van der Waals surface area contributed by atoms with Crippen LogP contribution in [-0.2, 0) is 0 Å². The number of hydrogen-bond acceptors (Lipinski definition) is 1. The molecule has 0 aromatic rings. The Morgan fingerprint density at radius 2 is 1.79 bits per heavy atom. The molecule has 0 atom stereocenters. The molecule has 14 heavy (non-hydrogen) atoms. The van der Waals surface area contributed by atoms with E-state index in [9.17, 15) is 0 Å². The second-order valence-electron chi connectivity index (χ2n) is 4.45. The Kier molecular flexibility index (Phi) is 4.43. The first-order chi connectivity index (χ1) is 6.70. The molecule has 0 amide bonds. The molecule has 0 unspecified atom stereocenters. The van der Waals surface area contributed by atoms with Gasteiger partial charge >= 0.3 is 0 Å². The Balaban J connectivity index is 2.49. The summed E-state index contributed by atoms with van der Waals surface area (Å²) < 4.78 is 0. The van der Waals surface area contributed by atoms with Crippen molar-refractivity contribution in [1.82, 2.24) is 4.90 Å². The van der Waals surface area contributed by atoms with Gasteiger partial charge in [-0.25, -0.2) is 0 Å². The second-order valence-corrected chi connectivity index (χ2v) is 4.45. The van der Waals surface area contributed by atoms with Crippen LogP contribution >= 0.6 is 0 Å². The smallest absolute Gasteiger partial charge is 0.0989 e. The predicted molar refractivity (Wildman–Crippen MR) is 61.8 cm³/mol. The summed E-state index contributed by atoms with van der Waals surface area (Å²) in [4.78, 5) is 2.20. The molecule has 0 aromatic heterocycles. The summed E-state index contributed by atoms with van der Waals surface area (Å²) in [6, 6.07) is 0.572. The van der Waals surface area contributed by atoms with Crippen LogP contribution in [0.1, 0.15) is 52.4 Å². The third-order valence-electron chi connectivity index (χ3n) is 3.61. The Morgan fingerprint density at radius 1 is 1.29 bits per heavy atom. The number of nitrogens with one attached hydrogen (secondary N) is 1. The molecule has 0 aromatic carbocycles. The maximum Gasteiger partial charge on any atom is 0.0989 e. The summed E-state index contributed by atoms with van der Waals surface area (Å²) in [6.45, 7) is 4.43. The highest BCUT2D eigenvalue weighted by atomic mass is 15.2. The molecule has 1 N–H and O–H groups in total. The lowest BCUT2D eigenvalue weighted by Crippen LogP contribution is -2.39. The van der Waals surface area contributed by atoms with E-state index in [-0.39, 0.29) is 0 Å². The van der Waals surface area contributed by atoms with Gasteiger partial charge in [0.05, 0.1) is 5.84 Å². The number of rotatable bonds is 4. The zero-order valence-corrected chi connectivity index (χ0v) is 9.84. The average Bonchev–Trinajstić information content (AvgIpc) is 2.71. The van der Waals surface area contributed by atoms with Crippen LogP contribution < -0.4 is 0 Å². The first-order valence-electron chi connectivity index (χ1n) is 6.01. The van der Waals surface area contributed by atoms with Gasteiger partial charge in [-0.15, -0.1) is 0 Å². The van der Waals surface area contributed by atoms with Crippen LogP contribution in [0, 0.1) is 11.3 Å². The molecule has 0 spiro atoms. The molecule has 1 saturated carbocycles. The van der Waals surface area contributed by atoms with E-state index in [0.29, 0.717) is 12.0 Å². The minimum absolute atomic E-state index is 0.556. The maximum absolute atomic E-state index is 8.15. The lowest BCUT2D eigenvalue weighted by molar-refractivity contribution is 0.326. The normalized spacial score (nSPS) is 17.7. The van der Waals surface area contributed by atoms with Gasteiger partial charge in [0.2, 0.25) is 0 Å². The summed E-state index contributed by atoms with van der Waals surface area (Å²) >= 11 is 0. The van der Waals surface area contributed by atoms with Gasteiger partial charge in [-0.1, -0.05) is 26.7 Å². The van der Waals surface area contributed by atoms with E-state index in [1.165, 1.54) is 25.7 Å². The predicted octanol–water partition coefficient (Wildman–Crippen LogP) is 3.27. The van der Waals surface area contributed by atoms with Gasteiger partial charge in [0.1, 0.15) is 0 Å². The first kappa shape index (κ1) is 11.5. The quantitative estimate of drug-likeness (QED) is 0.542. The first-order valence-corrected chi connectivity index (χ1v) is 6.01. The Hall–Kier alpha value is -0.530. The zero-order valence-electron chi connectivity index (χ0n) is 9.84. The molecule has 82 valence electrons. The molecular weight excluding hydrogens is 172 g/mol. The number of hydrogen-bond donors (Lipinski definition) is 1. The van der Waals surface area contributed by atoms with Crippen molar-refractivity contribution in [2.24, 2.45) is 5.92 Å². The SMILES string of the molecule is CCC(CC)N(C)C(=N)C1CCCC1. The van der Waals surface area contributed by atoms with Gasteiger partial charge < -0.3 is 4.90 Å². The molecule has 1 rings (SSSR count). The summed E-state index contributed by atoms with van der Waals surface area (Å²) in [7, 11) is 2.10. The van der Waals surface area contributed by atoms with Crippen molar-refractivity contribution in [3.63, 3.8) is 0 Å². The molecule has 1 aliphatic rings. The molecular formula is C12H24N2. The van der Waals surface area contributed by atoms with Crippen molar-refractivity contribution >= 4 is 5.84 Å². The highest BCUT2D eigenvalue weighted by Gasteiger charge is 2.24. The molecule has 0 saturated heterocycles. The fourth-order valence-electron chi connectivity index (χ4n) is 2.52. The third-order valence-corrected chi connectivity index (χ3v) is 3.61. The Bertz CT molecular complexity index is 179. The van der Waals surface area contributed by atoms with Gasteiger partial charge in [0, 0.05) is 19.0 Å². The molecule has 0 heterocycles. The standard InChI is InChI=1S/C12H24N2/c1-4-11(5-2)14(3)12(13)10-8-6-7-9-10/h10-11,13H,4-9H2,1-3H3. The fraction of sp³-hybridized carbons (Fsp3) is 0.917. The van der Waals surface area contributed by atoms with Gasteiger partial charge in [-0.3, -0.25) is 5.41 Å². The van der Waals surface area contributed by atoms with Gasteiger partial charge in [-0.2, -0.15) is 0 Å². The van der Waals surface area contributed by atoms with Crippen molar-refractivity contribution in [3.8, 4) is 0 Å². The maximum atomic E-state index is 8.15. The minimum Gasteiger partial charge on any atom is -0.360 e. The third kappa shape index (κ3) is 2.49. The van der Waals surface area contributed by atoms with Gasteiger partial charge in [-0.05, 0) is 25.7 Å². The monoisotopic (exact) mass is 196 g/mol. The molecule has 0 radical (unpaired) electrons. The zero-order chi connectivity index (χ0) is 10.6. The van der Waals surface area contributed by atoms with Crippen LogP contribution in [0.2, 0.25) is 0 Å². The second kappa shape index (κ2) is 5.38. The fourth-order valence-corrected chi connectivity index (χ4v) is 2.52. The van der Waals surface area contributed by atoms with E-state index in [1.54, 1.807) is 0 Å². The molecule has 1 fully saturated rings. The topological polar surface area (TPSA) is 27.1 Å². The molecule has 1 aliphatic carbocycles. The van der Waals surface area contributed by atoms with Gasteiger partial charge in [0.25, 0.3) is 0 Å². The van der Waals surface area contributed by atoms with Crippen LogP contribution in [-0.4, -0.2) is 23.8 Å². The van der Waals surface area contributed by atoms with Crippen LogP contribution in [0.15, 0.2) is 0 Å². The Labute approximate surface area is 88.2 Å². The summed E-state index contributed by atoms with van der Waals surface area (Å²) in [6.07, 6.45) is 7.43. The van der Waals surface area contributed by atoms with Crippen molar-refractivity contribution in [2.75, 3.05) is 7.05 Å². The van der Waals surface area contributed by atoms with Crippen LogP contribution in [0.25, 0.3) is 0 Å². The minimum atomic E-state index is 0.556. The van der Waals surface area contributed by atoms with Crippen LogP contribution in [0.5, 0.6) is 0 Å². The van der Waals surface area contributed by atoms with E-state index in [1.807, 2.05) is 0 Å². The van der Waals surface area contributed by atoms with Crippen molar-refractivity contribution in [2.45, 2.75) is 58.4 Å². The number of amidine groups is 1. The average molecular weight is 196 g/mol. The highest BCUT2D eigenvalue weighted by Crippen LogP contribution is 2.27. The number of nitrogens with zero attached hydrogens (tertiary/aromatic N) is 1. The summed E-state index contributed by atoms with van der Waals surface area (Å²) in [5, 5.41) is 8.15.